The summed E-state index contributed by atoms with van der Waals surface area (Å²) in [5, 5.41) is 9.47. The molecule has 1 saturated heterocycles. The monoisotopic (exact) mass is 273 g/mol. The Bertz CT molecular complexity index is 494. The number of ether oxygens (including phenoxy) is 1. The number of rotatable bonds is 4. The third-order valence-electron chi connectivity index (χ3n) is 4.85. The summed E-state index contributed by atoms with van der Waals surface area (Å²) < 4.78 is 7.71. The molecule has 0 bridgehead atoms. The molecule has 0 amide bonds. The van der Waals surface area contributed by atoms with E-state index in [-0.39, 0.29) is 5.41 Å². The smallest absolute Gasteiger partial charge is 0.0951 e. The number of hydrogen-bond acceptors (Lipinski definition) is 3. The van der Waals surface area contributed by atoms with Crippen LogP contribution in [-0.2, 0) is 24.1 Å². The Balaban J connectivity index is 1.57. The number of nitriles is 1. The quantitative estimate of drug-likeness (QED) is 0.847. The number of aromatic nitrogens is 2. The first-order valence-electron chi connectivity index (χ1n) is 7.85. The van der Waals surface area contributed by atoms with Gasteiger partial charge in [-0.2, -0.15) is 5.26 Å². The van der Waals surface area contributed by atoms with Gasteiger partial charge in [-0.1, -0.05) is 0 Å². The second-order valence-electron chi connectivity index (χ2n) is 6.15. The zero-order valence-electron chi connectivity index (χ0n) is 12.1. The van der Waals surface area contributed by atoms with Gasteiger partial charge in [0.15, 0.2) is 0 Å². The summed E-state index contributed by atoms with van der Waals surface area (Å²) in [4.78, 5) is 4.54. The Morgan fingerprint density at radius 1 is 1.30 bits per heavy atom. The Kier molecular flexibility index (Phi) is 4.07. The maximum absolute atomic E-state index is 9.47. The van der Waals surface area contributed by atoms with Gasteiger partial charge in [-0.25, -0.2) is 4.98 Å². The molecule has 0 radical (unpaired) electrons. The summed E-state index contributed by atoms with van der Waals surface area (Å²) in [5.74, 6) is 0. The van der Waals surface area contributed by atoms with Crippen LogP contribution in [0.3, 0.4) is 0 Å². The van der Waals surface area contributed by atoms with Crippen LogP contribution in [0.1, 0.15) is 49.9 Å². The topological polar surface area (TPSA) is 50.8 Å². The van der Waals surface area contributed by atoms with Crippen LogP contribution in [0.15, 0.2) is 6.33 Å². The van der Waals surface area contributed by atoms with Gasteiger partial charge in [0.2, 0.25) is 0 Å². The summed E-state index contributed by atoms with van der Waals surface area (Å²) in [7, 11) is 0. The van der Waals surface area contributed by atoms with Gasteiger partial charge >= 0.3 is 0 Å². The van der Waals surface area contributed by atoms with Gasteiger partial charge in [-0.3, -0.25) is 0 Å². The molecule has 108 valence electrons. The fourth-order valence-electron chi connectivity index (χ4n) is 3.49. The molecule has 4 heteroatoms. The molecule has 0 saturated carbocycles. The number of imidazole rings is 1. The number of nitrogens with zero attached hydrogens (tertiary/aromatic N) is 3. The van der Waals surface area contributed by atoms with E-state index in [0.29, 0.717) is 0 Å². The van der Waals surface area contributed by atoms with Crippen LogP contribution in [0, 0.1) is 16.7 Å². The molecule has 0 atom stereocenters. The third-order valence-corrected chi connectivity index (χ3v) is 4.85. The molecule has 1 fully saturated rings. The number of hydrogen-bond donors (Lipinski definition) is 0. The molecule has 3 rings (SSSR count). The molecule has 4 nitrogen and oxygen atoms in total. The molecular weight excluding hydrogens is 250 g/mol. The van der Waals surface area contributed by atoms with Crippen molar-refractivity contribution >= 4 is 0 Å². The first-order chi connectivity index (χ1) is 9.83. The Hall–Kier alpha value is -1.34. The SMILES string of the molecule is N#CC1(CCCn2cnc3c2CCCC3)CCOCC1. The van der Waals surface area contributed by atoms with Crippen LogP contribution < -0.4 is 0 Å². The normalized spacial score (nSPS) is 21.1. The average Bonchev–Trinajstić information content (AvgIpc) is 2.92. The van der Waals surface area contributed by atoms with Gasteiger partial charge in [-0.05, 0) is 51.4 Å². The molecule has 2 heterocycles. The van der Waals surface area contributed by atoms with Crippen LogP contribution in [0.25, 0.3) is 0 Å². The van der Waals surface area contributed by atoms with E-state index >= 15 is 0 Å². The lowest BCUT2D eigenvalue weighted by Gasteiger charge is -2.30. The molecular formula is C16H23N3O. The van der Waals surface area contributed by atoms with E-state index in [9.17, 15) is 5.26 Å². The van der Waals surface area contributed by atoms with Gasteiger partial charge in [0.25, 0.3) is 0 Å². The van der Waals surface area contributed by atoms with Gasteiger partial charge in [0, 0.05) is 25.5 Å². The standard InChI is InChI=1S/C16H23N3O/c17-12-16(7-10-20-11-8-16)6-3-9-19-13-18-14-4-1-2-5-15(14)19/h13H,1-11H2. The second-order valence-corrected chi connectivity index (χ2v) is 6.15. The van der Waals surface area contributed by atoms with Crippen LogP contribution >= 0.6 is 0 Å². The van der Waals surface area contributed by atoms with E-state index in [0.717, 1.165) is 51.9 Å². The van der Waals surface area contributed by atoms with Crippen LogP contribution in [0.5, 0.6) is 0 Å². The van der Waals surface area contributed by atoms with Crippen molar-refractivity contribution in [2.75, 3.05) is 13.2 Å². The zero-order valence-corrected chi connectivity index (χ0v) is 12.1. The lowest BCUT2D eigenvalue weighted by molar-refractivity contribution is 0.0357. The molecule has 0 spiro atoms. The van der Waals surface area contributed by atoms with E-state index in [1.165, 1.54) is 30.7 Å². The van der Waals surface area contributed by atoms with Crippen molar-refractivity contribution in [1.29, 1.82) is 5.26 Å². The molecule has 1 aromatic heterocycles. The predicted octanol–water partition coefficient (Wildman–Crippen LogP) is 2.86. The Morgan fingerprint density at radius 3 is 2.90 bits per heavy atom. The van der Waals surface area contributed by atoms with E-state index < -0.39 is 0 Å². The van der Waals surface area contributed by atoms with Crippen LogP contribution in [-0.4, -0.2) is 22.8 Å². The Morgan fingerprint density at radius 2 is 2.10 bits per heavy atom. The number of aryl methyl sites for hydroxylation is 2. The largest absolute Gasteiger partial charge is 0.381 e. The lowest BCUT2D eigenvalue weighted by atomic mass is 9.78. The summed E-state index contributed by atoms with van der Waals surface area (Å²) in [6, 6.07) is 2.55. The van der Waals surface area contributed by atoms with Crippen molar-refractivity contribution in [3.63, 3.8) is 0 Å². The summed E-state index contributed by atoms with van der Waals surface area (Å²) in [5.41, 5.74) is 2.60. The van der Waals surface area contributed by atoms with Crippen LogP contribution in [0.4, 0.5) is 0 Å². The first kappa shape index (κ1) is 13.6. The second kappa shape index (κ2) is 5.97. The lowest BCUT2D eigenvalue weighted by Crippen LogP contribution is -2.28. The van der Waals surface area contributed by atoms with Gasteiger partial charge in [-0.15, -0.1) is 0 Å². The predicted molar refractivity (Wildman–Crippen MR) is 76.2 cm³/mol. The van der Waals surface area contributed by atoms with Crippen molar-refractivity contribution < 1.29 is 4.74 Å². The zero-order chi connectivity index (χ0) is 13.8. The summed E-state index contributed by atoms with van der Waals surface area (Å²) in [6.45, 7) is 2.49. The highest BCUT2D eigenvalue weighted by Crippen LogP contribution is 2.34. The minimum absolute atomic E-state index is 0.140. The number of fused-ring (bicyclic) bond motifs is 1. The van der Waals surface area contributed by atoms with Gasteiger partial charge in [0.05, 0.1) is 23.5 Å². The highest BCUT2D eigenvalue weighted by atomic mass is 16.5. The van der Waals surface area contributed by atoms with Crippen molar-refractivity contribution in [1.82, 2.24) is 9.55 Å². The Labute approximate surface area is 120 Å². The molecule has 1 aromatic rings. The average molecular weight is 273 g/mol. The highest BCUT2D eigenvalue weighted by molar-refractivity contribution is 5.16. The molecule has 20 heavy (non-hydrogen) atoms. The molecule has 0 aromatic carbocycles. The minimum Gasteiger partial charge on any atom is -0.381 e. The summed E-state index contributed by atoms with van der Waals surface area (Å²) >= 11 is 0. The van der Waals surface area contributed by atoms with E-state index in [1.54, 1.807) is 0 Å². The van der Waals surface area contributed by atoms with Crippen molar-refractivity contribution in [3.8, 4) is 6.07 Å². The van der Waals surface area contributed by atoms with Crippen molar-refractivity contribution in [2.45, 2.75) is 57.9 Å². The summed E-state index contributed by atoms with van der Waals surface area (Å²) in [6.07, 6.45) is 10.7. The highest BCUT2D eigenvalue weighted by Gasteiger charge is 2.32. The fraction of sp³-hybridized carbons (Fsp3) is 0.750. The first-order valence-corrected chi connectivity index (χ1v) is 7.85. The molecule has 1 aliphatic heterocycles. The minimum atomic E-state index is -0.140. The van der Waals surface area contributed by atoms with E-state index in [2.05, 4.69) is 15.6 Å². The maximum Gasteiger partial charge on any atom is 0.0951 e. The molecule has 0 N–H and O–H groups in total. The van der Waals surface area contributed by atoms with Gasteiger partial charge < -0.3 is 9.30 Å². The fourth-order valence-corrected chi connectivity index (χ4v) is 3.49. The van der Waals surface area contributed by atoms with E-state index in [1.807, 2.05) is 6.33 Å². The van der Waals surface area contributed by atoms with Crippen molar-refractivity contribution in [2.24, 2.45) is 5.41 Å². The molecule has 0 unspecified atom stereocenters. The molecule has 1 aliphatic carbocycles. The third kappa shape index (κ3) is 2.73. The van der Waals surface area contributed by atoms with E-state index in [4.69, 9.17) is 4.74 Å². The van der Waals surface area contributed by atoms with Crippen molar-refractivity contribution in [3.05, 3.63) is 17.7 Å². The van der Waals surface area contributed by atoms with Crippen LogP contribution in [0.2, 0.25) is 0 Å². The molecule has 2 aliphatic rings. The van der Waals surface area contributed by atoms with Gasteiger partial charge in [0.1, 0.15) is 0 Å². The maximum atomic E-state index is 9.47.